The van der Waals surface area contributed by atoms with Crippen molar-refractivity contribution in [1.29, 1.82) is 0 Å². The fourth-order valence-corrected chi connectivity index (χ4v) is 3.36. The smallest absolute Gasteiger partial charge is 0.133 e. The highest BCUT2D eigenvalue weighted by Crippen LogP contribution is 2.45. The molecule has 2 aliphatic rings. The predicted octanol–water partition coefficient (Wildman–Crippen LogP) is 3.10. The third-order valence-corrected chi connectivity index (χ3v) is 4.56. The highest BCUT2D eigenvalue weighted by atomic mass is 79.9. The molecule has 1 aliphatic heterocycles. The van der Waals surface area contributed by atoms with E-state index in [0.717, 1.165) is 35.7 Å². The minimum absolute atomic E-state index is 0.703. The topological polar surface area (TPSA) is 21.3 Å². The zero-order valence-corrected chi connectivity index (χ0v) is 11.7. The lowest BCUT2D eigenvalue weighted by molar-refractivity contribution is 0.411. The Hall–Kier alpha value is -0.540. The summed E-state index contributed by atoms with van der Waals surface area (Å²) in [5.41, 5.74) is 3.00. The van der Waals surface area contributed by atoms with Crippen molar-refractivity contribution in [3.63, 3.8) is 0 Å². The van der Waals surface area contributed by atoms with E-state index in [9.17, 15) is 0 Å². The van der Waals surface area contributed by atoms with Crippen LogP contribution in [0.25, 0.3) is 0 Å². The van der Waals surface area contributed by atoms with Crippen molar-refractivity contribution < 1.29 is 4.74 Å². The van der Waals surface area contributed by atoms with Crippen LogP contribution in [0.1, 0.15) is 29.9 Å². The summed E-state index contributed by atoms with van der Waals surface area (Å²) in [7, 11) is 1.74. The average molecular weight is 296 g/mol. The highest BCUT2D eigenvalue weighted by Gasteiger charge is 2.34. The summed E-state index contributed by atoms with van der Waals surface area (Å²) >= 11 is 3.61. The zero-order valence-electron chi connectivity index (χ0n) is 10.1. The van der Waals surface area contributed by atoms with Crippen molar-refractivity contribution >= 4 is 15.9 Å². The molecule has 92 valence electrons. The molecule has 1 N–H and O–H groups in total. The van der Waals surface area contributed by atoms with E-state index < -0.39 is 0 Å². The van der Waals surface area contributed by atoms with E-state index in [2.05, 4.69) is 33.4 Å². The first-order valence-corrected chi connectivity index (χ1v) is 7.16. The van der Waals surface area contributed by atoms with Crippen LogP contribution in [0, 0.1) is 5.92 Å². The Morgan fingerprint density at radius 2 is 2.18 bits per heavy atom. The van der Waals surface area contributed by atoms with Gasteiger partial charge in [-0.15, -0.1) is 0 Å². The van der Waals surface area contributed by atoms with E-state index in [1.165, 1.54) is 24.0 Å². The molecule has 0 radical (unpaired) electrons. The summed E-state index contributed by atoms with van der Waals surface area (Å²) in [5, 5.41) is 3.57. The predicted molar refractivity (Wildman–Crippen MR) is 72.7 cm³/mol. The summed E-state index contributed by atoms with van der Waals surface area (Å²) in [6, 6.07) is 4.49. The molecule has 2 nitrogen and oxygen atoms in total. The summed E-state index contributed by atoms with van der Waals surface area (Å²) < 4.78 is 6.49. The number of benzene rings is 1. The normalized spacial score (nSPS) is 24.0. The number of halogens is 1. The summed E-state index contributed by atoms with van der Waals surface area (Å²) in [6.45, 7) is 2.22. The van der Waals surface area contributed by atoms with Gasteiger partial charge in [0, 0.05) is 6.54 Å². The number of nitrogens with one attached hydrogen (secondary N) is 1. The Labute approximate surface area is 111 Å². The van der Waals surface area contributed by atoms with Crippen molar-refractivity contribution in [1.82, 2.24) is 5.32 Å². The van der Waals surface area contributed by atoms with Crippen LogP contribution < -0.4 is 10.1 Å². The van der Waals surface area contributed by atoms with Gasteiger partial charge in [0.15, 0.2) is 0 Å². The van der Waals surface area contributed by atoms with Crippen molar-refractivity contribution in [2.24, 2.45) is 5.92 Å². The minimum atomic E-state index is 0.703. The van der Waals surface area contributed by atoms with E-state index in [0.29, 0.717) is 5.92 Å². The third kappa shape index (κ3) is 2.23. The lowest BCUT2D eigenvalue weighted by Gasteiger charge is -2.18. The van der Waals surface area contributed by atoms with Gasteiger partial charge >= 0.3 is 0 Å². The molecule has 3 rings (SSSR count). The molecular formula is C14H18BrNO. The molecular weight excluding hydrogens is 278 g/mol. The van der Waals surface area contributed by atoms with Gasteiger partial charge in [-0.1, -0.05) is 0 Å². The number of hydrogen-bond donors (Lipinski definition) is 1. The van der Waals surface area contributed by atoms with Gasteiger partial charge in [0.05, 0.1) is 11.6 Å². The SMILES string of the molecule is COc1cc2c(cc1Br)[C@H](C1CC1)CNCC2. The maximum atomic E-state index is 5.40. The van der Waals surface area contributed by atoms with Gasteiger partial charge in [0.1, 0.15) is 5.75 Å². The molecule has 1 aromatic carbocycles. The first-order valence-electron chi connectivity index (χ1n) is 6.36. The van der Waals surface area contributed by atoms with E-state index in [-0.39, 0.29) is 0 Å². The molecule has 1 saturated carbocycles. The Morgan fingerprint density at radius 3 is 2.88 bits per heavy atom. The zero-order chi connectivity index (χ0) is 11.8. The van der Waals surface area contributed by atoms with Crippen LogP contribution >= 0.6 is 15.9 Å². The molecule has 1 fully saturated rings. The van der Waals surface area contributed by atoms with Gasteiger partial charge in [-0.25, -0.2) is 0 Å². The number of methoxy groups -OCH3 is 1. The maximum absolute atomic E-state index is 5.40. The largest absolute Gasteiger partial charge is 0.496 e. The third-order valence-electron chi connectivity index (χ3n) is 3.94. The quantitative estimate of drug-likeness (QED) is 0.905. The van der Waals surface area contributed by atoms with Crippen LogP contribution in [0.5, 0.6) is 5.75 Å². The first-order chi connectivity index (χ1) is 8.29. The van der Waals surface area contributed by atoms with Crippen LogP contribution in [0.15, 0.2) is 16.6 Å². The molecule has 1 aliphatic carbocycles. The number of fused-ring (bicyclic) bond motifs is 1. The minimum Gasteiger partial charge on any atom is -0.496 e. The molecule has 1 heterocycles. The number of hydrogen-bond acceptors (Lipinski definition) is 2. The molecule has 17 heavy (non-hydrogen) atoms. The van der Waals surface area contributed by atoms with E-state index >= 15 is 0 Å². The van der Waals surface area contributed by atoms with Crippen LogP contribution in [0.3, 0.4) is 0 Å². The van der Waals surface area contributed by atoms with E-state index in [4.69, 9.17) is 4.74 Å². The highest BCUT2D eigenvalue weighted by molar-refractivity contribution is 9.10. The number of ether oxygens (including phenoxy) is 1. The summed E-state index contributed by atoms with van der Waals surface area (Å²) in [5.74, 6) is 2.56. The lowest BCUT2D eigenvalue weighted by atomic mass is 9.90. The van der Waals surface area contributed by atoms with Crippen molar-refractivity contribution in [3.05, 3.63) is 27.7 Å². The molecule has 0 amide bonds. The second-order valence-corrected chi connectivity index (χ2v) is 5.94. The Bertz CT molecular complexity index is 428. The standard InChI is InChI=1S/C14H18BrNO/c1-17-14-6-10-4-5-16-8-12(9-2-3-9)11(10)7-13(14)15/h6-7,9,12,16H,2-5,8H2,1H3/t12-/m0/s1. The van der Waals surface area contributed by atoms with Crippen molar-refractivity contribution in [2.45, 2.75) is 25.2 Å². The Balaban J connectivity index is 2.03. The molecule has 3 heteroatoms. The van der Waals surface area contributed by atoms with E-state index in [1.54, 1.807) is 7.11 Å². The Kier molecular flexibility index (Phi) is 3.14. The van der Waals surface area contributed by atoms with Crippen LogP contribution in [0.4, 0.5) is 0 Å². The van der Waals surface area contributed by atoms with Crippen LogP contribution in [-0.2, 0) is 6.42 Å². The molecule has 1 atom stereocenters. The van der Waals surface area contributed by atoms with Gasteiger partial charge in [-0.3, -0.25) is 0 Å². The van der Waals surface area contributed by atoms with E-state index in [1.807, 2.05) is 0 Å². The Morgan fingerprint density at radius 1 is 1.35 bits per heavy atom. The van der Waals surface area contributed by atoms with Crippen molar-refractivity contribution in [2.75, 3.05) is 20.2 Å². The molecule has 0 saturated heterocycles. The van der Waals surface area contributed by atoms with Gasteiger partial charge in [-0.2, -0.15) is 0 Å². The van der Waals surface area contributed by atoms with Crippen LogP contribution in [-0.4, -0.2) is 20.2 Å². The summed E-state index contributed by atoms with van der Waals surface area (Å²) in [4.78, 5) is 0. The molecule has 1 aromatic rings. The second kappa shape index (κ2) is 4.62. The van der Waals surface area contributed by atoms with Gasteiger partial charge in [-0.05, 0) is 76.8 Å². The maximum Gasteiger partial charge on any atom is 0.133 e. The lowest BCUT2D eigenvalue weighted by Crippen LogP contribution is -2.21. The summed E-state index contributed by atoms with van der Waals surface area (Å²) in [6.07, 6.45) is 3.91. The van der Waals surface area contributed by atoms with Gasteiger partial charge in [0.2, 0.25) is 0 Å². The van der Waals surface area contributed by atoms with Gasteiger partial charge in [0.25, 0.3) is 0 Å². The monoisotopic (exact) mass is 295 g/mol. The van der Waals surface area contributed by atoms with Gasteiger partial charge < -0.3 is 10.1 Å². The first kappa shape index (κ1) is 11.5. The van der Waals surface area contributed by atoms with Crippen molar-refractivity contribution in [3.8, 4) is 5.75 Å². The fourth-order valence-electron chi connectivity index (χ4n) is 2.84. The second-order valence-electron chi connectivity index (χ2n) is 5.08. The molecule has 0 aromatic heterocycles. The van der Waals surface area contributed by atoms with Crippen LogP contribution in [0.2, 0.25) is 0 Å². The number of rotatable bonds is 2. The fraction of sp³-hybridized carbons (Fsp3) is 0.571. The molecule has 0 bridgehead atoms. The average Bonchev–Trinajstić information content (AvgIpc) is 3.13. The molecule has 0 unspecified atom stereocenters. The molecule has 0 spiro atoms.